The van der Waals surface area contributed by atoms with Gasteiger partial charge in [0.1, 0.15) is 5.69 Å². The number of benzene rings is 1. The van der Waals surface area contributed by atoms with Crippen molar-refractivity contribution in [2.24, 2.45) is 0 Å². The number of anilines is 1. The number of rotatable bonds is 3. The minimum Gasteiger partial charge on any atom is -0.349 e. The first-order valence-electron chi connectivity index (χ1n) is 9.89. The molecule has 7 nitrogen and oxygen atoms in total. The van der Waals surface area contributed by atoms with Crippen molar-refractivity contribution >= 4 is 17.5 Å². The van der Waals surface area contributed by atoms with Crippen LogP contribution in [0.1, 0.15) is 50.0 Å². The summed E-state index contributed by atoms with van der Waals surface area (Å²) >= 11 is 0. The van der Waals surface area contributed by atoms with Gasteiger partial charge in [-0.2, -0.15) is 31.4 Å². The van der Waals surface area contributed by atoms with Gasteiger partial charge in [0.15, 0.2) is 5.69 Å². The summed E-state index contributed by atoms with van der Waals surface area (Å²) in [5, 5.41) is 8.57. The summed E-state index contributed by atoms with van der Waals surface area (Å²) in [6, 6.07) is 5.63. The molecule has 1 saturated carbocycles. The van der Waals surface area contributed by atoms with Crippen LogP contribution in [0, 0.1) is 0 Å². The van der Waals surface area contributed by atoms with Crippen molar-refractivity contribution in [2.75, 3.05) is 5.32 Å². The van der Waals surface area contributed by atoms with Crippen molar-refractivity contribution < 1.29 is 35.9 Å². The molecule has 0 bridgehead atoms. The molecule has 34 heavy (non-hydrogen) atoms. The molecule has 2 atom stereocenters. The van der Waals surface area contributed by atoms with Crippen LogP contribution in [0.3, 0.4) is 0 Å². The highest BCUT2D eigenvalue weighted by atomic mass is 19.4. The molecule has 2 N–H and O–H groups in total. The number of carbonyl (C=O) groups excluding carboxylic acids is 2. The van der Waals surface area contributed by atoms with Crippen LogP contribution in [0.25, 0.3) is 5.69 Å². The lowest BCUT2D eigenvalue weighted by Gasteiger charge is -2.21. The smallest absolute Gasteiger partial charge is 0.349 e. The zero-order valence-electron chi connectivity index (χ0n) is 16.8. The van der Waals surface area contributed by atoms with E-state index >= 15 is 0 Å². The maximum Gasteiger partial charge on any atom is 0.434 e. The number of aromatic nitrogens is 3. The van der Waals surface area contributed by atoms with Crippen molar-refractivity contribution in [3.8, 4) is 5.69 Å². The van der Waals surface area contributed by atoms with Gasteiger partial charge in [-0.15, -0.1) is 0 Å². The van der Waals surface area contributed by atoms with E-state index in [2.05, 4.69) is 15.4 Å². The van der Waals surface area contributed by atoms with Gasteiger partial charge in [-0.1, -0.05) is 6.07 Å². The van der Waals surface area contributed by atoms with Gasteiger partial charge >= 0.3 is 12.4 Å². The van der Waals surface area contributed by atoms with Crippen LogP contribution in [0.15, 0.2) is 42.7 Å². The van der Waals surface area contributed by atoms with Gasteiger partial charge in [0.05, 0.1) is 17.4 Å². The third-order valence-electron chi connectivity index (χ3n) is 5.62. The van der Waals surface area contributed by atoms with Gasteiger partial charge in [-0.3, -0.25) is 14.6 Å². The van der Waals surface area contributed by atoms with Crippen LogP contribution in [0.5, 0.6) is 0 Å². The van der Waals surface area contributed by atoms with Crippen molar-refractivity contribution in [1.29, 1.82) is 0 Å². The van der Waals surface area contributed by atoms with Gasteiger partial charge < -0.3 is 10.6 Å². The lowest BCUT2D eigenvalue weighted by molar-refractivity contribution is -0.143. The van der Waals surface area contributed by atoms with E-state index in [-0.39, 0.29) is 28.9 Å². The molecule has 0 spiro atoms. The summed E-state index contributed by atoms with van der Waals surface area (Å²) in [5.41, 5.74) is -3.36. The molecule has 13 heteroatoms. The predicted octanol–water partition coefficient (Wildman–Crippen LogP) is 4.16. The third kappa shape index (κ3) is 3.66. The number of hydrogen-bond donors (Lipinski definition) is 2. The molecule has 2 unspecified atom stereocenters. The lowest BCUT2D eigenvalue weighted by atomic mass is 9.97. The molecule has 176 valence electrons. The second-order valence-electron chi connectivity index (χ2n) is 7.86. The van der Waals surface area contributed by atoms with E-state index in [0.29, 0.717) is 28.9 Å². The van der Waals surface area contributed by atoms with Gasteiger partial charge in [0, 0.05) is 29.4 Å². The van der Waals surface area contributed by atoms with Crippen molar-refractivity contribution in [1.82, 2.24) is 20.1 Å². The molecule has 3 heterocycles. The standard InChI is InChI=1S/C21H13F6N5O2/c22-20(23,24)15-6-9(4-5-28-15)30-19(34)12-8-29-32(17(12)21(25,26)27)14-3-1-2-10-16(14)11-7-13(11)31-18(10)33/h1-6,8,11,13H,7H2,(H,31,33)(H,28,30,34). The zero-order chi connectivity index (χ0) is 24.4. The van der Waals surface area contributed by atoms with E-state index in [1.165, 1.54) is 18.2 Å². The number of fused-ring (bicyclic) bond motifs is 3. The number of halogens is 6. The largest absolute Gasteiger partial charge is 0.434 e. The summed E-state index contributed by atoms with van der Waals surface area (Å²) in [5.74, 6) is -1.89. The van der Waals surface area contributed by atoms with E-state index in [0.717, 1.165) is 12.3 Å². The highest BCUT2D eigenvalue weighted by Crippen LogP contribution is 2.48. The number of pyridine rings is 1. The van der Waals surface area contributed by atoms with Crippen LogP contribution in [0.2, 0.25) is 0 Å². The Morgan fingerprint density at radius 2 is 1.88 bits per heavy atom. The topological polar surface area (TPSA) is 88.9 Å². The summed E-state index contributed by atoms with van der Waals surface area (Å²) in [6.45, 7) is 0. The van der Waals surface area contributed by atoms with Crippen LogP contribution < -0.4 is 10.6 Å². The van der Waals surface area contributed by atoms with E-state index in [4.69, 9.17) is 0 Å². The molecule has 1 fully saturated rings. The van der Waals surface area contributed by atoms with Crippen LogP contribution in [-0.4, -0.2) is 32.6 Å². The maximum atomic E-state index is 14.1. The lowest BCUT2D eigenvalue weighted by Crippen LogP contribution is -2.32. The minimum absolute atomic E-state index is 0.00879. The number of carbonyl (C=O) groups is 2. The summed E-state index contributed by atoms with van der Waals surface area (Å²) in [6.07, 6.45) is -7.81. The normalized spacial score (nSPS) is 19.2. The molecule has 2 aromatic heterocycles. The second-order valence-corrected chi connectivity index (χ2v) is 7.86. The van der Waals surface area contributed by atoms with E-state index in [1.54, 1.807) is 0 Å². The molecule has 1 aromatic carbocycles. The fourth-order valence-corrected chi connectivity index (χ4v) is 4.08. The molecule has 1 aliphatic heterocycles. The third-order valence-corrected chi connectivity index (χ3v) is 5.62. The zero-order valence-corrected chi connectivity index (χ0v) is 16.8. The van der Waals surface area contributed by atoms with Gasteiger partial charge in [-0.25, -0.2) is 4.68 Å². The molecule has 3 aromatic rings. The van der Waals surface area contributed by atoms with Gasteiger partial charge in [-0.05, 0) is 36.2 Å². The fraction of sp³-hybridized carbons (Fsp3) is 0.238. The average Bonchev–Trinajstić information content (AvgIpc) is 3.37. The number of amides is 2. The fourth-order valence-electron chi connectivity index (χ4n) is 4.08. The number of nitrogens with one attached hydrogen (secondary N) is 2. The first-order chi connectivity index (χ1) is 15.9. The highest BCUT2D eigenvalue weighted by Gasteiger charge is 2.48. The Morgan fingerprint density at radius 1 is 1.12 bits per heavy atom. The minimum atomic E-state index is -5.04. The molecule has 1 aliphatic carbocycles. The molecule has 0 saturated heterocycles. The Labute approximate surface area is 186 Å². The highest BCUT2D eigenvalue weighted by molar-refractivity contribution is 6.05. The van der Waals surface area contributed by atoms with Crippen molar-refractivity contribution in [2.45, 2.75) is 30.7 Å². The molecular weight excluding hydrogens is 468 g/mol. The van der Waals surface area contributed by atoms with Crippen molar-refractivity contribution in [3.63, 3.8) is 0 Å². The molecule has 5 rings (SSSR count). The van der Waals surface area contributed by atoms with Gasteiger partial charge in [0.2, 0.25) is 0 Å². The molecular formula is C21H13F6N5O2. The summed E-state index contributed by atoms with van der Waals surface area (Å²) in [7, 11) is 0. The second kappa shape index (κ2) is 7.30. The number of hydrogen-bond acceptors (Lipinski definition) is 4. The number of alkyl halides is 6. The predicted molar refractivity (Wildman–Crippen MR) is 104 cm³/mol. The monoisotopic (exact) mass is 481 g/mol. The van der Waals surface area contributed by atoms with Crippen LogP contribution in [0.4, 0.5) is 32.0 Å². The maximum absolute atomic E-state index is 14.1. The van der Waals surface area contributed by atoms with Crippen LogP contribution in [-0.2, 0) is 12.4 Å². The Kier molecular flexibility index (Phi) is 4.71. The average molecular weight is 481 g/mol. The quantitative estimate of drug-likeness (QED) is 0.550. The Morgan fingerprint density at radius 3 is 2.59 bits per heavy atom. The van der Waals surface area contributed by atoms with E-state index in [9.17, 15) is 35.9 Å². The Bertz CT molecular complexity index is 1330. The SMILES string of the molecule is O=C1NC2CC2c2c1cccc2-n1ncc(C(=O)Nc2ccnc(C(F)(F)F)c2)c1C(F)(F)F. The summed E-state index contributed by atoms with van der Waals surface area (Å²) < 4.78 is 81.4. The first kappa shape index (κ1) is 21.9. The number of nitrogens with zero attached hydrogens (tertiary/aromatic N) is 3. The van der Waals surface area contributed by atoms with Crippen LogP contribution >= 0.6 is 0 Å². The Balaban J connectivity index is 1.56. The van der Waals surface area contributed by atoms with Crippen molar-refractivity contribution in [3.05, 3.63) is 70.8 Å². The Hall–Kier alpha value is -3.90. The van der Waals surface area contributed by atoms with E-state index in [1.807, 2.05) is 5.32 Å². The van der Waals surface area contributed by atoms with Gasteiger partial charge in [0.25, 0.3) is 11.8 Å². The molecule has 2 amide bonds. The molecule has 0 radical (unpaired) electrons. The van der Waals surface area contributed by atoms with E-state index < -0.39 is 41.1 Å². The first-order valence-corrected chi connectivity index (χ1v) is 9.89. The summed E-state index contributed by atoms with van der Waals surface area (Å²) in [4.78, 5) is 28.1. The molecule has 2 aliphatic rings.